The number of benzene rings is 4. The molecule has 2 fully saturated rings. The molecule has 14 heteroatoms. The Balaban J connectivity index is 0.904. The first kappa shape index (κ1) is 40.0. The molecule has 3 amide bonds. The van der Waals surface area contributed by atoms with Gasteiger partial charge in [0.25, 0.3) is 11.8 Å². The predicted molar refractivity (Wildman–Crippen MR) is 225 cm³/mol. The van der Waals surface area contributed by atoms with E-state index in [0.29, 0.717) is 18.7 Å². The number of aliphatic imine (C=N–C) groups is 1. The number of hydrogen-bond acceptors (Lipinski definition) is 9. The first-order valence-corrected chi connectivity index (χ1v) is 20.3. The van der Waals surface area contributed by atoms with Gasteiger partial charge in [-0.3, -0.25) is 9.59 Å². The third kappa shape index (κ3) is 8.78. The molecule has 3 N–H and O–H groups in total. The zero-order valence-electron chi connectivity index (χ0n) is 33.6. The number of carbonyl (C=O) groups excluding carboxylic acids is 3. The van der Waals surface area contributed by atoms with Gasteiger partial charge >= 0.3 is 6.09 Å². The molecule has 2 aliphatic rings. The van der Waals surface area contributed by atoms with Crippen LogP contribution in [0.4, 0.5) is 4.79 Å². The molecule has 0 unspecified atom stereocenters. The van der Waals surface area contributed by atoms with Crippen molar-refractivity contribution in [2.24, 2.45) is 4.99 Å². The molecule has 0 radical (unpaired) electrons. The third-order valence-corrected chi connectivity index (χ3v) is 11.4. The van der Waals surface area contributed by atoms with Crippen LogP contribution in [0.25, 0.3) is 22.3 Å². The van der Waals surface area contributed by atoms with Crippen molar-refractivity contribution in [3.63, 3.8) is 0 Å². The largest absolute Gasteiger partial charge is 0.453 e. The molecule has 8 rings (SSSR count). The Bertz CT molecular complexity index is 2430. The van der Waals surface area contributed by atoms with Crippen molar-refractivity contribution in [1.82, 2.24) is 35.1 Å². The maximum absolute atomic E-state index is 13.9. The van der Waals surface area contributed by atoms with Crippen LogP contribution >= 0.6 is 0 Å². The Morgan fingerprint density at radius 1 is 0.800 bits per heavy atom. The van der Waals surface area contributed by atoms with Gasteiger partial charge in [0.2, 0.25) is 6.40 Å². The Morgan fingerprint density at radius 2 is 1.45 bits per heavy atom. The van der Waals surface area contributed by atoms with Crippen LogP contribution in [-0.2, 0) is 36.9 Å². The first-order chi connectivity index (χ1) is 29.4. The zero-order valence-corrected chi connectivity index (χ0v) is 33.6. The molecule has 2 saturated heterocycles. The van der Waals surface area contributed by atoms with E-state index in [9.17, 15) is 14.4 Å². The van der Waals surface area contributed by atoms with Gasteiger partial charge in [0.05, 0.1) is 49.2 Å². The second-order valence-corrected chi connectivity index (χ2v) is 15.0. The number of hydrogen-bond donors (Lipinski definition) is 3. The number of aromatic amines is 2. The standard InChI is InChI=1S/C46H48N8O6/c1-58-46(57)52-41(34-13-7-4-8-14-34)45(56)54-26-10-16-39(54)43-49-35-24-21-31(27-36(35)50-43)18-17-30-19-22-32(23-20-30)37-28-47-42(51-37)38-15-9-25-53(38)44(55)40(48-29-60-59-2)33-11-5-3-6-12-33/h3-8,11-14,19-24,27-29,38-41H,9-10,15-18,25-26H2,1-2H3,(H,47,51)(H,49,50)(H,52,57)/b48-29-/t38-,39-,40+,41-/m0/s1. The normalized spacial score (nSPS) is 17.6. The maximum atomic E-state index is 13.9. The van der Waals surface area contributed by atoms with E-state index in [0.717, 1.165) is 84.4 Å². The quantitative estimate of drug-likeness (QED) is 0.0440. The summed E-state index contributed by atoms with van der Waals surface area (Å²) in [6.45, 7) is 1.18. The van der Waals surface area contributed by atoms with E-state index in [1.54, 1.807) is 0 Å². The molecule has 2 aliphatic heterocycles. The predicted octanol–water partition coefficient (Wildman–Crippen LogP) is 7.51. The summed E-state index contributed by atoms with van der Waals surface area (Å²) in [7, 11) is 2.67. The van der Waals surface area contributed by atoms with Crippen LogP contribution in [0.2, 0.25) is 0 Å². The fourth-order valence-corrected chi connectivity index (χ4v) is 8.30. The highest BCUT2D eigenvalue weighted by Gasteiger charge is 2.38. The van der Waals surface area contributed by atoms with Crippen LogP contribution in [0.5, 0.6) is 0 Å². The summed E-state index contributed by atoms with van der Waals surface area (Å²) >= 11 is 0. The first-order valence-electron chi connectivity index (χ1n) is 20.3. The van der Waals surface area contributed by atoms with E-state index >= 15 is 0 Å². The zero-order chi connectivity index (χ0) is 41.4. The molecule has 4 atom stereocenters. The van der Waals surface area contributed by atoms with Gasteiger partial charge in [-0.15, -0.1) is 0 Å². The molecule has 4 heterocycles. The van der Waals surface area contributed by atoms with Crippen LogP contribution in [0, 0.1) is 0 Å². The monoisotopic (exact) mass is 808 g/mol. The van der Waals surface area contributed by atoms with Crippen molar-refractivity contribution in [3.8, 4) is 11.3 Å². The van der Waals surface area contributed by atoms with Crippen LogP contribution in [0.15, 0.2) is 114 Å². The minimum atomic E-state index is -0.871. The van der Waals surface area contributed by atoms with Gasteiger partial charge < -0.3 is 34.7 Å². The third-order valence-electron chi connectivity index (χ3n) is 11.4. The summed E-state index contributed by atoms with van der Waals surface area (Å²) in [6.07, 6.45) is 7.28. The van der Waals surface area contributed by atoms with E-state index in [-0.39, 0.29) is 23.9 Å². The highest BCUT2D eigenvalue weighted by molar-refractivity contribution is 5.88. The van der Waals surface area contributed by atoms with Gasteiger partial charge in [0, 0.05) is 13.1 Å². The van der Waals surface area contributed by atoms with E-state index in [1.165, 1.54) is 25.3 Å². The summed E-state index contributed by atoms with van der Waals surface area (Å²) in [5.41, 5.74) is 7.50. The van der Waals surface area contributed by atoms with Crippen molar-refractivity contribution in [3.05, 3.63) is 143 Å². The van der Waals surface area contributed by atoms with Gasteiger partial charge in [-0.2, -0.15) is 4.89 Å². The van der Waals surface area contributed by atoms with Gasteiger partial charge in [-0.1, -0.05) is 91.0 Å². The maximum Gasteiger partial charge on any atom is 0.407 e. The number of alkyl carbamates (subject to hydrolysis) is 1. The summed E-state index contributed by atoms with van der Waals surface area (Å²) in [4.78, 5) is 74.3. The SMILES string of the molecule is COO/C=N\[C@@H](C(=O)N1CCC[C@H]1c1ncc(-c2ccc(CCc3ccc4nc([C@@H]5CCCN5C(=O)[C@@H](NC(=O)OC)c5ccccc5)[nH]c4c3)cc2)[nH]1)c1ccccc1. The van der Waals surface area contributed by atoms with E-state index in [2.05, 4.69) is 61.6 Å². The van der Waals surface area contributed by atoms with Gasteiger partial charge in [-0.25, -0.2) is 19.8 Å². The van der Waals surface area contributed by atoms with Crippen molar-refractivity contribution in [2.75, 3.05) is 27.3 Å². The number of aromatic nitrogens is 4. The number of ether oxygens (including phenoxy) is 1. The lowest BCUT2D eigenvalue weighted by molar-refractivity contribution is -0.188. The Kier molecular flexibility index (Phi) is 12.3. The number of rotatable bonds is 14. The second-order valence-electron chi connectivity index (χ2n) is 15.0. The average molecular weight is 809 g/mol. The summed E-state index contributed by atoms with van der Waals surface area (Å²) in [5, 5.41) is 2.73. The number of carbonyl (C=O) groups is 3. The van der Waals surface area contributed by atoms with Crippen molar-refractivity contribution >= 4 is 35.3 Å². The van der Waals surface area contributed by atoms with Crippen molar-refractivity contribution in [2.45, 2.75) is 62.7 Å². The Morgan fingerprint density at radius 3 is 2.15 bits per heavy atom. The molecule has 0 aliphatic carbocycles. The minimum Gasteiger partial charge on any atom is -0.453 e. The topological polar surface area (TPSA) is 167 Å². The Hall–Kier alpha value is -6.80. The smallest absolute Gasteiger partial charge is 0.407 e. The fourth-order valence-electron chi connectivity index (χ4n) is 8.30. The number of fused-ring (bicyclic) bond motifs is 1. The van der Waals surface area contributed by atoms with Crippen molar-refractivity contribution in [1.29, 1.82) is 0 Å². The molecule has 4 aromatic carbocycles. The van der Waals surface area contributed by atoms with E-state index in [1.807, 2.05) is 82.7 Å². The Labute approximate surface area is 347 Å². The minimum absolute atomic E-state index is 0.120. The summed E-state index contributed by atoms with van der Waals surface area (Å²) in [5.74, 6) is 1.17. The molecular weight excluding hydrogens is 761 g/mol. The molecule has 2 aromatic heterocycles. The average Bonchev–Trinajstić information content (AvgIpc) is 4.13. The molecule has 308 valence electrons. The lowest BCUT2D eigenvalue weighted by Crippen LogP contribution is -2.42. The number of aryl methyl sites for hydroxylation is 2. The van der Waals surface area contributed by atoms with Crippen LogP contribution in [0.1, 0.15) is 83.8 Å². The molecule has 0 saturated carbocycles. The fraction of sp³-hybridized carbons (Fsp3) is 0.304. The highest BCUT2D eigenvalue weighted by atomic mass is 17.2. The van der Waals surface area contributed by atoms with E-state index in [4.69, 9.17) is 19.6 Å². The lowest BCUT2D eigenvalue weighted by atomic mass is 10.0. The molecular formula is C46H48N8O6. The number of likely N-dealkylation sites (tertiary alicyclic amines) is 2. The van der Waals surface area contributed by atoms with Crippen molar-refractivity contribution < 1.29 is 28.9 Å². The number of amides is 3. The van der Waals surface area contributed by atoms with Crippen LogP contribution in [-0.4, -0.2) is 81.4 Å². The van der Waals surface area contributed by atoms with Gasteiger partial charge in [0.15, 0.2) is 6.04 Å². The lowest BCUT2D eigenvalue weighted by Gasteiger charge is -2.28. The molecule has 0 bridgehead atoms. The molecule has 6 aromatic rings. The number of imidazole rings is 2. The highest BCUT2D eigenvalue weighted by Crippen LogP contribution is 2.36. The molecule has 60 heavy (non-hydrogen) atoms. The van der Waals surface area contributed by atoms with Crippen LogP contribution in [0.3, 0.4) is 0 Å². The van der Waals surface area contributed by atoms with E-state index < -0.39 is 18.2 Å². The van der Waals surface area contributed by atoms with Gasteiger partial charge in [-0.05, 0) is 78.5 Å². The van der Waals surface area contributed by atoms with Gasteiger partial charge in [0.1, 0.15) is 17.7 Å². The number of H-pyrrole nitrogens is 2. The number of methoxy groups -OCH3 is 1. The second kappa shape index (κ2) is 18.4. The van der Waals surface area contributed by atoms with Crippen LogP contribution < -0.4 is 5.32 Å². The number of nitrogens with zero attached hydrogens (tertiary/aromatic N) is 5. The molecule has 0 spiro atoms. The molecule has 14 nitrogen and oxygen atoms in total. The summed E-state index contributed by atoms with van der Waals surface area (Å²) < 4.78 is 4.84. The number of nitrogens with one attached hydrogen (secondary N) is 3. The summed E-state index contributed by atoms with van der Waals surface area (Å²) in [6, 6.07) is 31.3.